The minimum absolute atomic E-state index is 0.0235. The fourth-order valence-corrected chi connectivity index (χ4v) is 3.13. The van der Waals surface area contributed by atoms with Gasteiger partial charge < -0.3 is 16.0 Å². The standard InChI is InChI=1S/C20H25N3O/c21-18-10-6-13-23(14-12-18)20(24)22-19-11-5-4-9-17(19)15-16-7-2-1-3-8-16/h1-5,7-9,11,18H,6,10,12-15,21H2,(H,22,24). The number of para-hydroxylation sites is 1. The predicted octanol–water partition coefficient (Wildman–Crippen LogP) is 3.62. The number of nitrogens with one attached hydrogen (secondary N) is 1. The van der Waals surface area contributed by atoms with E-state index in [-0.39, 0.29) is 12.1 Å². The van der Waals surface area contributed by atoms with E-state index in [9.17, 15) is 4.79 Å². The van der Waals surface area contributed by atoms with Gasteiger partial charge in [0.2, 0.25) is 0 Å². The monoisotopic (exact) mass is 323 g/mol. The summed E-state index contributed by atoms with van der Waals surface area (Å²) in [5, 5.41) is 3.09. The van der Waals surface area contributed by atoms with Gasteiger partial charge >= 0.3 is 6.03 Å². The van der Waals surface area contributed by atoms with Crippen LogP contribution in [0, 0.1) is 0 Å². The van der Waals surface area contributed by atoms with Gasteiger partial charge in [0.05, 0.1) is 0 Å². The van der Waals surface area contributed by atoms with Crippen molar-refractivity contribution in [1.82, 2.24) is 4.90 Å². The lowest BCUT2D eigenvalue weighted by Gasteiger charge is -2.22. The highest BCUT2D eigenvalue weighted by molar-refractivity contribution is 5.90. The fraction of sp³-hybridized carbons (Fsp3) is 0.350. The van der Waals surface area contributed by atoms with Crippen molar-refractivity contribution in [2.24, 2.45) is 5.73 Å². The van der Waals surface area contributed by atoms with E-state index in [0.717, 1.165) is 50.0 Å². The Morgan fingerprint density at radius 3 is 2.62 bits per heavy atom. The summed E-state index contributed by atoms with van der Waals surface area (Å²) in [4.78, 5) is 14.5. The van der Waals surface area contributed by atoms with Crippen molar-refractivity contribution < 1.29 is 4.79 Å². The van der Waals surface area contributed by atoms with Gasteiger partial charge in [0.25, 0.3) is 0 Å². The smallest absolute Gasteiger partial charge is 0.321 e. The highest BCUT2D eigenvalue weighted by Gasteiger charge is 2.19. The van der Waals surface area contributed by atoms with E-state index in [0.29, 0.717) is 0 Å². The number of nitrogens with two attached hydrogens (primary N) is 1. The molecule has 1 fully saturated rings. The quantitative estimate of drug-likeness (QED) is 0.906. The zero-order valence-corrected chi connectivity index (χ0v) is 13.9. The van der Waals surface area contributed by atoms with E-state index < -0.39 is 0 Å². The van der Waals surface area contributed by atoms with Gasteiger partial charge in [0.15, 0.2) is 0 Å². The molecule has 4 nitrogen and oxygen atoms in total. The Morgan fingerprint density at radius 1 is 1.04 bits per heavy atom. The van der Waals surface area contributed by atoms with Gasteiger partial charge in [0, 0.05) is 24.8 Å². The van der Waals surface area contributed by atoms with Crippen molar-refractivity contribution in [3.05, 3.63) is 65.7 Å². The molecular weight excluding hydrogens is 298 g/mol. The second-order valence-electron chi connectivity index (χ2n) is 6.43. The molecule has 0 saturated carbocycles. The molecule has 0 radical (unpaired) electrons. The predicted molar refractivity (Wildman–Crippen MR) is 98.1 cm³/mol. The lowest BCUT2D eigenvalue weighted by molar-refractivity contribution is 0.213. The molecule has 4 heteroatoms. The molecule has 0 bridgehead atoms. The molecule has 1 saturated heterocycles. The number of benzene rings is 2. The molecular formula is C20H25N3O. The number of amides is 2. The summed E-state index contributed by atoms with van der Waals surface area (Å²) in [6.45, 7) is 1.51. The number of nitrogens with zero attached hydrogens (tertiary/aromatic N) is 1. The van der Waals surface area contributed by atoms with E-state index in [1.54, 1.807) is 0 Å². The summed E-state index contributed by atoms with van der Waals surface area (Å²) in [5.74, 6) is 0. The average molecular weight is 323 g/mol. The highest BCUT2D eigenvalue weighted by Crippen LogP contribution is 2.20. The van der Waals surface area contributed by atoms with E-state index in [1.165, 1.54) is 5.56 Å². The largest absolute Gasteiger partial charge is 0.328 e. The summed E-state index contributed by atoms with van der Waals surface area (Å²) in [7, 11) is 0. The first-order valence-corrected chi connectivity index (χ1v) is 8.66. The van der Waals surface area contributed by atoms with Crippen LogP contribution in [0.4, 0.5) is 10.5 Å². The van der Waals surface area contributed by atoms with Crippen LogP contribution in [0.3, 0.4) is 0 Å². The summed E-state index contributed by atoms with van der Waals surface area (Å²) < 4.78 is 0. The molecule has 1 unspecified atom stereocenters. The number of anilines is 1. The van der Waals surface area contributed by atoms with Gasteiger partial charge in [-0.05, 0) is 42.9 Å². The molecule has 126 valence electrons. The molecule has 2 aromatic carbocycles. The minimum Gasteiger partial charge on any atom is -0.328 e. The molecule has 3 rings (SSSR count). The van der Waals surface area contributed by atoms with Gasteiger partial charge in [-0.15, -0.1) is 0 Å². The Balaban J connectivity index is 1.69. The van der Waals surface area contributed by atoms with Crippen LogP contribution in [0.2, 0.25) is 0 Å². The third-order valence-electron chi connectivity index (χ3n) is 4.56. The Kier molecular flexibility index (Phi) is 5.49. The van der Waals surface area contributed by atoms with Crippen molar-refractivity contribution in [2.45, 2.75) is 31.7 Å². The maximum atomic E-state index is 12.6. The first-order valence-electron chi connectivity index (χ1n) is 8.66. The van der Waals surface area contributed by atoms with E-state index in [2.05, 4.69) is 23.5 Å². The van der Waals surface area contributed by atoms with Crippen molar-refractivity contribution in [3.8, 4) is 0 Å². The molecule has 1 aliphatic rings. The molecule has 2 aromatic rings. The maximum absolute atomic E-state index is 12.6. The van der Waals surface area contributed by atoms with Gasteiger partial charge in [-0.2, -0.15) is 0 Å². The minimum atomic E-state index is -0.0235. The number of hydrogen-bond donors (Lipinski definition) is 2. The van der Waals surface area contributed by atoms with Gasteiger partial charge in [-0.25, -0.2) is 4.79 Å². The first-order chi connectivity index (χ1) is 11.7. The number of rotatable bonds is 3. The third kappa shape index (κ3) is 4.36. The molecule has 1 aliphatic heterocycles. The summed E-state index contributed by atoms with van der Waals surface area (Å²) >= 11 is 0. The van der Waals surface area contributed by atoms with Gasteiger partial charge in [-0.3, -0.25) is 0 Å². The summed E-state index contributed by atoms with van der Waals surface area (Å²) in [5.41, 5.74) is 9.25. The Labute approximate surface area is 143 Å². The van der Waals surface area contributed by atoms with E-state index in [4.69, 9.17) is 5.73 Å². The number of carbonyl (C=O) groups is 1. The lowest BCUT2D eigenvalue weighted by atomic mass is 10.0. The maximum Gasteiger partial charge on any atom is 0.321 e. The van der Waals surface area contributed by atoms with Crippen LogP contribution < -0.4 is 11.1 Å². The molecule has 3 N–H and O–H groups in total. The van der Waals surface area contributed by atoms with E-state index >= 15 is 0 Å². The van der Waals surface area contributed by atoms with Gasteiger partial charge in [-0.1, -0.05) is 48.5 Å². The van der Waals surface area contributed by atoms with Crippen LogP contribution in [-0.2, 0) is 6.42 Å². The van der Waals surface area contributed by atoms with Crippen molar-refractivity contribution in [3.63, 3.8) is 0 Å². The molecule has 1 heterocycles. The number of carbonyl (C=O) groups excluding carboxylic acids is 1. The number of likely N-dealkylation sites (tertiary alicyclic amines) is 1. The normalized spacial score (nSPS) is 18.0. The average Bonchev–Trinajstić information content (AvgIpc) is 2.82. The molecule has 0 spiro atoms. The highest BCUT2D eigenvalue weighted by atomic mass is 16.2. The Hall–Kier alpha value is -2.33. The molecule has 24 heavy (non-hydrogen) atoms. The van der Waals surface area contributed by atoms with Crippen molar-refractivity contribution >= 4 is 11.7 Å². The van der Waals surface area contributed by atoms with Crippen molar-refractivity contribution in [2.75, 3.05) is 18.4 Å². The van der Waals surface area contributed by atoms with Crippen LogP contribution >= 0.6 is 0 Å². The zero-order chi connectivity index (χ0) is 16.8. The van der Waals surface area contributed by atoms with Crippen LogP contribution in [0.15, 0.2) is 54.6 Å². The number of hydrogen-bond acceptors (Lipinski definition) is 2. The van der Waals surface area contributed by atoms with Crippen LogP contribution in [0.5, 0.6) is 0 Å². The van der Waals surface area contributed by atoms with Gasteiger partial charge in [0.1, 0.15) is 0 Å². The Bertz CT molecular complexity index is 672. The first kappa shape index (κ1) is 16.5. The van der Waals surface area contributed by atoms with Crippen LogP contribution in [-0.4, -0.2) is 30.1 Å². The SMILES string of the molecule is NC1CCCN(C(=O)Nc2ccccc2Cc2ccccc2)CC1. The molecule has 1 atom stereocenters. The zero-order valence-electron chi connectivity index (χ0n) is 13.9. The van der Waals surface area contributed by atoms with E-state index in [1.807, 2.05) is 41.3 Å². The van der Waals surface area contributed by atoms with Crippen LogP contribution in [0.1, 0.15) is 30.4 Å². The molecule has 0 aliphatic carbocycles. The van der Waals surface area contributed by atoms with Crippen molar-refractivity contribution in [1.29, 1.82) is 0 Å². The molecule has 2 amide bonds. The second kappa shape index (κ2) is 7.97. The second-order valence-corrected chi connectivity index (χ2v) is 6.43. The lowest BCUT2D eigenvalue weighted by Crippen LogP contribution is -2.36. The molecule has 0 aromatic heterocycles. The summed E-state index contributed by atoms with van der Waals surface area (Å²) in [6.07, 6.45) is 3.65. The topological polar surface area (TPSA) is 58.4 Å². The third-order valence-corrected chi connectivity index (χ3v) is 4.56. The fourth-order valence-electron chi connectivity index (χ4n) is 3.13. The summed E-state index contributed by atoms with van der Waals surface area (Å²) in [6, 6.07) is 18.5. The van der Waals surface area contributed by atoms with Crippen LogP contribution in [0.25, 0.3) is 0 Å². The number of urea groups is 1. The Morgan fingerprint density at radius 2 is 1.79 bits per heavy atom.